The summed E-state index contributed by atoms with van der Waals surface area (Å²) in [4.78, 5) is 12.3. The van der Waals surface area contributed by atoms with Crippen LogP contribution >= 0.6 is 0 Å². The molecule has 3 heterocycles. The summed E-state index contributed by atoms with van der Waals surface area (Å²) in [5.41, 5.74) is 1.51. The van der Waals surface area contributed by atoms with Crippen LogP contribution in [0.1, 0.15) is 59.8 Å². The maximum atomic E-state index is 12.3. The van der Waals surface area contributed by atoms with E-state index in [1.807, 2.05) is 6.08 Å². The van der Waals surface area contributed by atoms with E-state index in [-0.39, 0.29) is 29.2 Å². The molecule has 7 rings (SSSR count). The molecule has 7 aliphatic rings. The fourth-order valence-corrected chi connectivity index (χ4v) is 9.39. The van der Waals surface area contributed by atoms with Crippen molar-refractivity contribution in [1.29, 1.82) is 0 Å². The second kappa shape index (κ2) is 5.93. The Hall–Kier alpha value is -0.970. The topological polar surface area (TPSA) is 48.1 Å². The molecule has 1 spiro atoms. The largest absolute Gasteiger partial charge is 0.360 e. The van der Waals surface area contributed by atoms with Gasteiger partial charge in [0.05, 0.1) is 12.7 Å². The lowest BCUT2D eigenvalue weighted by molar-refractivity contribution is -0.272. The molecule has 0 unspecified atom stereocenters. The van der Waals surface area contributed by atoms with E-state index in [1.165, 1.54) is 24.8 Å². The Morgan fingerprint density at radius 3 is 2.71 bits per heavy atom. The standard InChI is InChI=1S/C27H36O4/c1-14-7-10-27(29-13-14)15(2)22-21(31-27)12-19-17-6-5-16-11-20(28)23-24(30-23)26(16,4)18(17)8-9-25(19,22)3/h5-6,11,14-15,17-19,21-24H,7-10,12-13H2,1-4H3/t14-,15+,17-,18+,19+,21+,22+,23+,24+,25+,26+,27-/m1/s1. The Morgan fingerprint density at radius 1 is 1.10 bits per heavy atom. The Kier molecular flexibility index (Phi) is 3.73. The van der Waals surface area contributed by atoms with Crippen molar-refractivity contribution in [1.82, 2.24) is 0 Å². The van der Waals surface area contributed by atoms with Crippen molar-refractivity contribution in [2.45, 2.75) is 83.9 Å². The van der Waals surface area contributed by atoms with Gasteiger partial charge in [0, 0.05) is 17.8 Å². The molecule has 0 radical (unpaired) electrons. The molecule has 3 saturated heterocycles. The van der Waals surface area contributed by atoms with Gasteiger partial charge >= 0.3 is 0 Å². The zero-order valence-corrected chi connectivity index (χ0v) is 19.3. The van der Waals surface area contributed by atoms with Crippen LogP contribution in [0, 0.1) is 46.3 Å². The van der Waals surface area contributed by atoms with Gasteiger partial charge in [-0.25, -0.2) is 0 Å². The van der Waals surface area contributed by atoms with Gasteiger partial charge in [-0.05, 0) is 72.3 Å². The second-order valence-corrected chi connectivity index (χ2v) is 12.4. The maximum Gasteiger partial charge on any atom is 0.187 e. The van der Waals surface area contributed by atoms with Crippen molar-refractivity contribution in [2.75, 3.05) is 6.61 Å². The van der Waals surface area contributed by atoms with Gasteiger partial charge in [-0.15, -0.1) is 0 Å². The number of epoxide rings is 1. The van der Waals surface area contributed by atoms with Crippen molar-refractivity contribution < 1.29 is 19.0 Å². The highest BCUT2D eigenvalue weighted by Gasteiger charge is 2.71. The predicted octanol–water partition coefficient (Wildman–Crippen LogP) is 4.69. The number of ketones is 1. The molecule has 4 heteroatoms. The summed E-state index contributed by atoms with van der Waals surface area (Å²) >= 11 is 0. The number of allylic oxidation sites excluding steroid dienone is 2. The molecular weight excluding hydrogens is 388 g/mol. The number of fused-ring (bicyclic) bond motifs is 9. The molecule has 0 N–H and O–H groups in total. The second-order valence-electron chi connectivity index (χ2n) is 12.4. The molecule has 0 aromatic carbocycles. The van der Waals surface area contributed by atoms with Gasteiger partial charge in [-0.1, -0.05) is 39.8 Å². The van der Waals surface area contributed by atoms with E-state index in [0.717, 1.165) is 19.4 Å². The summed E-state index contributed by atoms with van der Waals surface area (Å²) in [6.45, 7) is 10.5. The monoisotopic (exact) mass is 424 g/mol. The van der Waals surface area contributed by atoms with Crippen molar-refractivity contribution in [3.05, 3.63) is 23.8 Å². The Balaban J connectivity index is 1.22. The fourth-order valence-electron chi connectivity index (χ4n) is 9.39. The Labute approximate surface area is 185 Å². The van der Waals surface area contributed by atoms with E-state index >= 15 is 0 Å². The van der Waals surface area contributed by atoms with Crippen LogP contribution in [0.4, 0.5) is 0 Å². The van der Waals surface area contributed by atoms with Gasteiger partial charge in [-0.3, -0.25) is 4.79 Å². The maximum absolute atomic E-state index is 12.3. The smallest absolute Gasteiger partial charge is 0.187 e. The van der Waals surface area contributed by atoms with E-state index in [9.17, 15) is 4.79 Å². The van der Waals surface area contributed by atoms with E-state index in [1.54, 1.807) is 0 Å². The highest BCUT2D eigenvalue weighted by Crippen LogP contribution is 2.71. The number of hydrogen-bond acceptors (Lipinski definition) is 4. The van der Waals surface area contributed by atoms with Crippen LogP contribution in [0.3, 0.4) is 0 Å². The first kappa shape index (κ1) is 19.5. The highest BCUT2D eigenvalue weighted by atomic mass is 16.7. The quantitative estimate of drug-likeness (QED) is 0.530. The SMILES string of the molecule is C[C@@H]1CC[C@@]2(OC1)O[C@H]1C[C@H]3[C@@H]4C=CC5=CC(=O)[C@@H]6O[C@@H]6[C@]5(C)[C@H]4CC[C@]3(C)[C@H]1[C@@H]2C. The van der Waals surface area contributed by atoms with Crippen molar-refractivity contribution in [2.24, 2.45) is 46.3 Å². The van der Waals surface area contributed by atoms with Gasteiger partial charge < -0.3 is 14.2 Å². The van der Waals surface area contributed by atoms with Gasteiger partial charge in [0.1, 0.15) is 12.2 Å². The number of hydrogen-bond donors (Lipinski definition) is 0. The normalized spacial score (nSPS) is 61.2. The van der Waals surface area contributed by atoms with Crippen LogP contribution in [-0.4, -0.2) is 36.5 Å². The van der Waals surface area contributed by atoms with Crippen molar-refractivity contribution in [3.63, 3.8) is 0 Å². The van der Waals surface area contributed by atoms with Crippen LogP contribution in [-0.2, 0) is 19.0 Å². The fraction of sp³-hybridized carbons (Fsp3) is 0.815. The van der Waals surface area contributed by atoms with E-state index in [2.05, 4.69) is 39.8 Å². The third-order valence-electron chi connectivity index (χ3n) is 11.2. The molecule has 168 valence electrons. The van der Waals surface area contributed by atoms with E-state index < -0.39 is 0 Å². The first-order valence-electron chi connectivity index (χ1n) is 12.7. The van der Waals surface area contributed by atoms with Crippen LogP contribution in [0.2, 0.25) is 0 Å². The average Bonchev–Trinajstić information content (AvgIpc) is 3.45. The van der Waals surface area contributed by atoms with Gasteiger partial charge in [0.2, 0.25) is 0 Å². The van der Waals surface area contributed by atoms with Crippen molar-refractivity contribution >= 4 is 5.78 Å². The summed E-state index contributed by atoms with van der Waals surface area (Å²) in [7, 11) is 0. The summed E-state index contributed by atoms with van der Waals surface area (Å²) in [5.74, 6) is 3.30. The zero-order valence-electron chi connectivity index (χ0n) is 19.3. The van der Waals surface area contributed by atoms with Gasteiger partial charge in [0.25, 0.3) is 0 Å². The number of carbonyl (C=O) groups excluding carboxylic acids is 1. The van der Waals surface area contributed by atoms with Crippen LogP contribution in [0.5, 0.6) is 0 Å². The molecule has 2 saturated carbocycles. The molecule has 0 bridgehead atoms. The molecule has 3 aliphatic heterocycles. The summed E-state index contributed by atoms with van der Waals surface area (Å²) < 4.78 is 19.2. The van der Waals surface area contributed by atoms with Crippen molar-refractivity contribution in [3.8, 4) is 0 Å². The van der Waals surface area contributed by atoms with Gasteiger partial charge in [0.15, 0.2) is 11.6 Å². The van der Waals surface area contributed by atoms with Crippen LogP contribution in [0.25, 0.3) is 0 Å². The molecule has 4 nitrogen and oxygen atoms in total. The predicted molar refractivity (Wildman–Crippen MR) is 116 cm³/mol. The summed E-state index contributed by atoms with van der Waals surface area (Å²) in [6, 6.07) is 0. The first-order valence-corrected chi connectivity index (χ1v) is 12.7. The molecular formula is C27H36O4. The molecule has 0 aromatic rings. The zero-order chi connectivity index (χ0) is 21.3. The average molecular weight is 425 g/mol. The third kappa shape index (κ3) is 2.25. The summed E-state index contributed by atoms with van der Waals surface area (Å²) in [6.07, 6.45) is 12.7. The molecule has 12 atom stereocenters. The van der Waals surface area contributed by atoms with E-state index in [4.69, 9.17) is 14.2 Å². The molecule has 0 aromatic heterocycles. The highest BCUT2D eigenvalue weighted by molar-refractivity contribution is 5.98. The van der Waals surface area contributed by atoms with E-state index in [0.29, 0.717) is 47.0 Å². The lowest BCUT2D eigenvalue weighted by atomic mass is 9.48. The molecule has 31 heavy (non-hydrogen) atoms. The van der Waals surface area contributed by atoms with Crippen LogP contribution in [0.15, 0.2) is 23.8 Å². The van der Waals surface area contributed by atoms with Crippen LogP contribution < -0.4 is 0 Å². The lowest BCUT2D eigenvalue weighted by Gasteiger charge is -2.56. The Morgan fingerprint density at radius 2 is 1.94 bits per heavy atom. The lowest BCUT2D eigenvalue weighted by Crippen LogP contribution is -2.53. The first-order chi connectivity index (χ1) is 14.8. The molecule has 0 amide bonds. The number of ether oxygens (including phenoxy) is 3. The molecule has 5 fully saturated rings. The summed E-state index contributed by atoms with van der Waals surface area (Å²) in [5, 5.41) is 0. The minimum absolute atomic E-state index is 0.00661. The van der Waals surface area contributed by atoms with Gasteiger partial charge in [-0.2, -0.15) is 0 Å². The number of carbonyl (C=O) groups is 1. The third-order valence-corrected chi connectivity index (χ3v) is 11.2. The number of rotatable bonds is 0. The minimum Gasteiger partial charge on any atom is -0.360 e. The molecule has 4 aliphatic carbocycles. The Bertz CT molecular complexity index is 897. The minimum atomic E-state index is -0.338.